The third-order valence-electron chi connectivity index (χ3n) is 6.44. The van der Waals surface area contributed by atoms with Crippen molar-refractivity contribution in [2.24, 2.45) is 5.41 Å². The molecule has 0 saturated heterocycles. The molecule has 24 heavy (non-hydrogen) atoms. The van der Waals surface area contributed by atoms with E-state index in [0.29, 0.717) is 17.3 Å². The first-order valence-corrected chi connectivity index (χ1v) is 9.40. The maximum atomic E-state index is 2.47. The molecule has 0 heterocycles. The van der Waals surface area contributed by atoms with Crippen LogP contribution in [0.1, 0.15) is 66.2 Å². The van der Waals surface area contributed by atoms with Gasteiger partial charge in [-0.3, -0.25) is 0 Å². The van der Waals surface area contributed by atoms with Gasteiger partial charge in [-0.25, -0.2) is 0 Å². The zero-order valence-electron chi connectivity index (χ0n) is 14.1. The van der Waals surface area contributed by atoms with Crippen LogP contribution in [0.15, 0.2) is 60.7 Å². The molecule has 120 valence electrons. The molecule has 2 aromatic carbocycles. The summed E-state index contributed by atoms with van der Waals surface area (Å²) in [5.74, 6) is 1.31. The molecule has 0 amide bonds. The first kappa shape index (κ1) is 14.3. The summed E-state index contributed by atoms with van der Waals surface area (Å²) < 4.78 is 0. The molecule has 2 atom stereocenters. The van der Waals surface area contributed by atoms with E-state index in [1.165, 1.54) is 48.8 Å². The minimum Gasteiger partial charge on any atom is -0.0764 e. The quantitative estimate of drug-likeness (QED) is 0.586. The lowest BCUT2D eigenvalue weighted by Gasteiger charge is -2.24. The SMILES string of the molecule is C1=CC(CCCC2(C3C=Cc4ccccc43)CC2)c2ccccc21. The largest absolute Gasteiger partial charge is 0.0764 e. The fourth-order valence-corrected chi connectivity index (χ4v) is 4.91. The molecule has 1 saturated carbocycles. The lowest BCUT2D eigenvalue weighted by Crippen LogP contribution is -2.11. The van der Waals surface area contributed by atoms with Crippen LogP contribution in [0.5, 0.6) is 0 Å². The van der Waals surface area contributed by atoms with Gasteiger partial charge in [-0.15, -0.1) is 0 Å². The second kappa shape index (κ2) is 5.48. The summed E-state index contributed by atoms with van der Waals surface area (Å²) in [4.78, 5) is 0. The van der Waals surface area contributed by atoms with Crippen molar-refractivity contribution in [3.63, 3.8) is 0 Å². The fraction of sp³-hybridized carbons (Fsp3) is 0.333. The maximum Gasteiger partial charge on any atom is 0.00837 e. The number of allylic oxidation sites excluding steroid dienone is 2. The molecule has 2 aromatic rings. The van der Waals surface area contributed by atoms with Crippen LogP contribution in [0.2, 0.25) is 0 Å². The van der Waals surface area contributed by atoms with Gasteiger partial charge in [0.1, 0.15) is 0 Å². The number of rotatable bonds is 5. The monoisotopic (exact) mass is 312 g/mol. The molecular formula is C24H24. The summed E-state index contributed by atoms with van der Waals surface area (Å²) in [6, 6.07) is 17.9. The first-order chi connectivity index (χ1) is 11.9. The standard InChI is InChI=1S/C24H24/c1-3-9-21-18(6-1)11-12-19(21)8-5-15-24(16-17-24)23-14-13-20-7-2-4-10-22(20)23/h1-4,6-7,9-14,19,23H,5,8,15-17H2. The van der Waals surface area contributed by atoms with E-state index in [1.807, 2.05) is 0 Å². The van der Waals surface area contributed by atoms with Gasteiger partial charge in [-0.2, -0.15) is 0 Å². The Kier molecular flexibility index (Phi) is 3.26. The van der Waals surface area contributed by atoms with Crippen LogP contribution in [0.25, 0.3) is 12.2 Å². The second-order valence-electron chi connectivity index (χ2n) is 7.81. The number of benzene rings is 2. The van der Waals surface area contributed by atoms with Crippen LogP contribution in [0.4, 0.5) is 0 Å². The van der Waals surface area contributed by atoms with Gasteiger partial charge in [0.15, 0.2) is 0 Å². The van der Waals surface area contributed by atoms with Gasteiger partial charge in [0.2, 0.25) is 0 Å². The first-order valence-electron chi connectivity index (χ1n) is 9.40. The second-order valence-corrected chi connectivity index (χ2v) is 7.81. The number of hydrogen-bond acceptors (Lipinski definition) is 0. The topological polar surface area (TPSA) is 0 Å². The van der Waals surface area contributed by atoms with Crippen molar-refractivity contribution in [3.8, 4) is 0 Å². The Bertz CT molecular complexity index is 819. The molecule has 0 nitrogen and oxygen atoms in total. The van der Waals surface area contributed by atoms with Gasteiger partial charge < -0.3 is 0 Å². The van der Waals surface area contributed by atoms with Crippen LogP contribution >= 0.6 is 0 Å². The van der Waals surface area contributed by atoms with Crippen molar-refractivity contribution in [3.05, 3.63) is 82.9 Å². The van der Waals surface area contributed by atoms with Crippen molar-refractivity contribution in [1.82, 2.24) is 0 Å². The molecule has 2 unspecified atom stereocenters. The molecular weight excluding hydrogens is 288 g/mol. The third-order valence-corrected chi connectivity index (χ3v) is 6.44. The minimum atomic E-state index is 0.560. The van der Waals surface area contributed by atoms with E-state index in [2.05, 4.69) is 72.8 Å². The van der Waals surface area contributed by atoms with E-state index in [-0.39, 0.29) is 0 Å². The lowest BCUT2D eigenvalue weighted by molar-refractivity contribution is 0.398. The lowest BCUT2D eigenvalue weighted by atomic mass is 9.80. The van der Waals surface area contributed by atoms with Gasteiger partial charge >= 0.3 is 0 Å². The normalized spacial score (nSPS) is 24.8. The van der Waals surface area contributed by atoms with Gasteiger partial charge in [-0.1, -0.05) is 79.3 Å². The van der Waals surface area contributed by atoms with Crippen molar-refractivity contribution in [2.45, 2.75) is 43.9 Å². The zero-order valence-corrected chi connectivity index (χ0v) is 14.1. The minimum absolute atomic E-state index is 0.560. The van der Waals surface area contributed by atoms with Crippen LogP contribution in [0, 0.1) is 5.41 Å². The van der Waals surface area contributed by atoms with Crippen LogP contribution in [0.3, 0.4) is 0 Å². The van der Waals surface area contributed by atoms with E-state index < -0.39 is 0 Å². The highest BCUT2D eigenvalue weighted by atomic mass is 14.5. The van der Waals surface area contributed by atoms with Gasteiger partial charge in [-0.05, 0) is 53.4 Å². The maximum absolute atomic E-state index is 2.47. The number of hydrogen-bond donors (Lipinski definition) is 0. The van der Waals surface area contributed by atoms with Crippen molar-refractivity contribution >= 4 is 12.2 Å². The fourth-order valence-electron chi connectivity index (χ4n) is 4.91. The van der Waals surface area contributed by atoms with Crippen molar-refractivity contribution in [2.75, 3.05) is 0 Å². The molecule has 0 aromatic heterocycles. The number of fused-ring (bicyclic) bond motifs is 2. The summed E-state index contributed by atoms with van der Waals surface area (Å²) in [6.45, 7) is 0. The molecule has 1 fully saturated rings. The van der Waals surface area contributed by atoms with Crippen molar-refractivity contribution in [1.29, 1.82) is 0 Å². The predicted molar refractivity (Wildman–Crippen MR) is 102 cm³/mol. The summed E-state index contributed by atoms with van der Waals surface area (Å²) in [5, 5.41) is 0. The van der Waals surface area contributed by atoms with Crippen LogP contribution in [-0.4, -0.2) is 0 Å². The average molecular weight is 312 g/mol. The molecule has 5 rings (SSSR count). The van der Waals surface area contributed by atoms with E-state index in [1.54, 1.807) is 5.56 Å². The predicted octanol–water partition coefficient (Wildman–Crippen LogP) is 6.56. The van der Waals surface area contributed by atoms with Crippen LogP contribution < -0.4 is 0 Å². The van der Waals surface area contributed by atoms with Crippen LogP contribution in [-0.2, 0) is 0 Å². The summed E-state index contributed by atoms with van der Waals surface area (Å²) in [5.41, 5.74) is 6.54. The molecule has 0 heteroatoms. The van der Waals surface area contributed by atoms with E-state index >= 15 is 0 Å². The molecule has 3 aliphatic carbocycles. The van der Waals surface area contributed by atoms with E-state index in [0.717, 1.165) is 0 Å². The summed E-state index contributed by atoms with van der Waals surface area (Å²) >= 11 is 0. The Balaban J connectivity index is 1.25. The van der Waals surface area contributed by atoms with Gasteiger partial charge in [0.05, 0.1) is 0 Å². The Hall–Kier alpha value is -2.08. The molecule has 0 spiro atoms. The Labute approximate surface area is 144 Å². The molecule has 3 aliphatic rings. The van der Waals surface area contributed by atoms with Gasteiger partial charge in [0.25, 0.3) is 0 Å². The van der Waals surface area contributed by atoms with Crippen molar-refractivity contribution < 1.29 is 0 Å². The third kappa shape index (κ3) is 2.28. The molecule has 0 N–H and O–H groups in total. The molecule has 0 aliphatic heterocycles. The average Bonchev–Trinajstić information content (AvgIpc) is 3.10. The highest BCUT2D eigenvalue weighted by Crippen LogP contribution is 2.62. The Morgan fingerprint density at radius 3 is 2.25 bits per heavy atom. The highest BCUT2D eigenvalue weighted by Gasteiger charge is 2.49. The Morgan fingerprint density at radius 1 is 0.792 bits per heavy atom. The zero-order chi connectivity index (χ0) is 16.0. The Morgan fingerprint density at radius 2 is 1.46 bits per heavy atom. The van der Waals surface area contributed by atoms with E-state index in [9.17, 15) is 0 Å². The smallest absolute Gasteiger partial charge is 0.00837 e. The van der Waals surface area contributed by atoms with Gasteiger partial charge in [0, 0.05) is 11.8 Å². The highest BCUT2D eigenvalue weighted by molar-refractivity contribution is 5.64. The molecule has 0 radical (unpaired) electrons. The molecule has 0 bridgehead atoms. The van der Waals surface area contributed by atoms with E-state index in [4.69, 9.17) is 0 Å². The summed E-state index contributed by atoms with van der Waals surface area (Å²) in [7, 11) is 0. The summed E-state index contributed by atoms with van der Waals surface area (Å²) in [6.07, 6.45) is 16.4.